The highest BCUT2D eigenvalue weighted by atomic mass is 16.6. The second-order valence-corrected chi connectivity index (χ2v) is 7.74. The molecule has 192 valence electrons. The van der Waals surface area contributed by atoms with Gasteiger partial charge in [0.05, 0.1) is 19.4 Å². The molecule has 38 heavy (non-hydrogen) atoms. The predicted octanol–water partition coefficient (Wildman–Crippen LogP) is 3.28. The van der Waals surface area contributed by atoms with Crippen molar-refractivity contribution in [2.75, 3.05) is 19.0 Å². The minimum Gasteiger partial charge on any atom is -0.495 e. The van der Waals surface area contributed by atoms with Gasteiger partial charge in [0.25, 0.3) is 0 Å². The maximum Gasteiger partial charge on any atom is 0.424 e. The van der Waals surface area contributed by atoms with E-state index in [1.807, 2.05) is 0 Å². The highest BCUT2D eigenvalue weighted by Crippen LogP contribution is 2.27. The van der Waals surface area contributed by atoms with Crippen molar-refractivity contribution < 1.29 is 23.8 Å². The number of carbonyl (C=O) groups excluding carboxylic acids is 2. The van der Waals surface area contributed by atoms with Gasteiger partial charge in [0.2, 0.25) is 5.95 Å². The van der Waals surface area contributed by atoms with Crippen molar-refractivity contribution >= 4 is 34.9 Å². The van der Waals surface area contributed by atoms with E-state index in [9.17, 15) is 14.4 Å². The average molecular weight is 515 g/mol. The van der Waals surface area contributed by atoms with Crippen LogP contribution < -0.4 is 20.5 Å². The molecule has 0 fully saturated rings. The van der Waals surface area contributed by atoms with Crippen molar-refractivity contribution in [2.45, 2.75) is 6.92 Å². The van der Waals surface area contributed by atoms with Gasteiger partial charge in [0.1, 0.15) is 23.3 Å². The number of para-hydroxylation sites is 2. The van der Waals surface area contributed by atoms with Crippen LogP contribution in [0.15, 0.2) is 72.0 Å². The van der Waals surface area contributed by atoms with Crippen molar-refractivity contribution in [3.05, 3.63) is 83.4 Å². The van der Waals surface area contributed by atoms with Crippen molar-refractivity contribution in [2.24, 2.45) is 0 Å². The lowest BCUT2D eigenvalue weighted by atomic mass is 10.3. The molecular weight excluding hydrogens is 494 g/mol. The van der Waals surface area contributed by atoms with E-state index in [4.69, 9.17) is 14.2 Å². The second kappa shape index (κ2) is 10.3. The summed E-state index contributed by atoms with van der Waals surface area (Å²) in [5.41, 5.74) is 0.425. The summed E-state index contributed by atoms with van der Waals surface area (Å²) in [6.07, 6.45) is 3.60. The topological polar surface area (TPSA) is 155 Å². The fraction of sp³-hybridized carbons (Fsp3) is 0.120. The number of imidazole rings is 2. The summed E-state index contributed by atoms with van der Waals surface area (Å²) < 4.78 is 18.4. The quantitative estimate of drug-likeness (QED) is 0.308. The molecule has 0 bridgehead atoms. The number of H-pyrrole nitrogens is 1. The number of nitrogens with one attached hydrogen (secondary N) is 2. The van der Waals surface area contributed by atoms with Crippen LogP contribution in [0.3, 0.4) is 0 Å². The largest absolute Gasteiger partial charge is 0.495 e. The number of aromatic nitrogens is 6. The molecule has 0 aliphatic rings. The molecule has 0 aliphatic heterocycles. The number of nitrogens with zero attached hydrogens (tertiary/aromatic N) is 5. The summed E-state index contributed by atoms with van der Waals surface area (Å²) in [5.74, 6) is -0.0673. The summed E-state index contributed by atoms with van der Waals surface area (Å²) >= 11 is 0. The lowest BCUT2D eigenvalue weighted by Crippen LogP contribution is -2.16. The van der Waals surface area contributed by atoms with E-state index < -0.39 is 17.8 Å². The van der Waals surface area contributed by atoms with Crippen molar-refractivity contribution in [3.63, 3.8) is 0 Å². The Morgan fingerprint density at radius 2 is 1.95 bits per heavy atom. The maximum absolute atomic E-state index is 13.0. The van der Waals surface area contributed by atoms with Gasteiger partial charge in [-0.25, -0.2) is 33.5 Å². The van der Waals surface area contributed by atoms with Gasteiger partial charge in [-0.1, -0.05) is 18.2 Å². The fourth-order valence-corrected chi connectivity index (χ4v) is 3.71. The number of esters is 1. The lowest BCUT2D eigenvalue weighted by Gasteiger charge is -2.11. The normalized spacial score (nSPS) is 10.8. The molecule has 0 unspecified atom stereocenters. The van der Waals surface area contributed by atoms with Crippen molar-refractivity contribution in [1.82, 2.24) is 29.1 Å². The van der Waals surface area contributed by atoms with Gasteiger partial charge in [0.15, 0.2) is 11.3 Å². The average Bonchev–Trinajstić information content (AvgIpc) is 3.56. The standard InChI is InChI=1S/C25H21N7O6/c1-3-37-22(33)20-19-21(32(24(34)29-19)17-9-4-5-10-18(17)36-2)30-23(28-20)27-15-7-6-8-16(13-15)38-25(35)31-12-11-26-14-31/h4-14H,3H2,1-2H3,(H,29,34)(H,27,28,30). The molecule has 0 saturated heterocycles. The van der Waals surface area contributed by atoms with E-state index in [1.165, 1.54) is 35.0 Å². The first kappa shape index (κ1) is 24.2. The molecule has 0 radical (unpaired) electrons. The Labute approximate surface area is 214 Å². The molecule has 0 amide bonds. The van der Waals surface area contributed by atoms with Crippen LogP contribution in [0, 0.1) is 0 Å². The number of fused-ring (bicyclic) bond motifs is 1. The number of hydrogen-bond acceptors (Lipinski definition) is 10. The van der Waals surface area contributed by atoms with Gasteiger partial charge >= 0.3 is 17.8 Å². The van der Waals surface area contributed by atoms with Crippen LogP contribution in [-0.4, -0.2) is 54.8 Å². The number of rotatable bonds is 7. The molecule has 0 saturated carbocycles. The molecule has 5 rings (SSSR count). The first-order valence-electron chi connectivity index (χ1n) is 11.4. The van der Waals surface area contributed by atoms with E-state index >= 15 is 0 Å². The number of hydrogen-bond donors (Lipinski definition) is 2. The first-order valence-corrected chi connectivity index (χ1v) is 11.4. The maximum atomic E-state index is 13.0. The van der Waals surface area contributed by atoms with Gasteiger partial charge in [-0.05, 0) is 31.2 Å². The zero-order valence-electron chi connectivity index (χ0n) is 20.2. The number of benzene rings is 2. The summed E-state index contributed by atoms with van der Waals surface area (Å²) in [6, 6.07) is 13.4. The molecule has 3 heterocycles. The number of ether oxygens (including phenoxy) is 3. The van der Waals surface area contributed by atoms with Gasteiger partial charge in [-0.3, -0.25) is 0 Å². The van der Waals surface area contributed by atoms with Crippen molar-refractivity contribution in [1.29, 1.82) is 0 Å². The molecule has 13 nitrogen and oxygen atoms in total. The number of aromatic amines is 1. The van der Waals surface area contributed by atoms with E-state index in [0.29, 0.717) is 17.1 Å². The Morgan fingerprint density at radius 3 is 2.71 bits per heavy atom. The minimum atomic E-state index is -0.737. The van der Waals surface area contributed by atoms with Crippen LogP contribution in [0.25, 0.3) is 16.9 Å². The smallest absolute Gasteiger partial charge is 0.424 e. The van der Waals surface area contributed by atoms with Crippen LogP contribution in [0.2, 0.25) is 0 Å². The number of methoxy groups -OCH3 is 1. The summed E-state index contributed by atoms with van der Waals surface area (Å²) in [5, 5.41) is 3.00. The lowest BCUT2D eigenvalue weighted by molar-refractivity contribution is 0.0521. The van der Waals surface area contributed by atoms with Gasteiger partial charge in [-0.15, -0.1) is 0 Å². The van der Waals surface area contributed by atoms with E-state index in [2.05, 4.69) is 25.3 Å². The van der Waals surface area contributed by atoms with E-state index in [1.54, 1.807) is 55.5 Å². The van der Waals surface area contributed by atoms with Crippen LogP contribution >= 0.6 is 0 Å². The SMILES string of the molecule is CCOC(=O)c1nc(Nc2cccc(OC(=O)n3ccnc3)c2)nc2c1[nH]c(=O)n2-c1ccccc1OC. The summed E-state index contributed by atoms with van der Waals surface area (Å²) in [4.78, 5) is 53.3. The summed E-state index contributed by atoms with van der Waals surface area (Å²) in [6.45, 7) is 1.77. The minimum absolute atomic E-state index is 0.00119. The van der Waals surface area contributed by atoms with Crippen molar-refractivity contribution in [3.8, 4) is 17.2 Å². The Kier molecular flexibility index (Phi) is 6.55. The van der Waals surface area contributed by atoms with Crippen LogP contribution in [0.1, 0.15) is 17.4 Å². The highest BCUT2D eigenvalue weighted by Gasteiger charge is 2.23. The van der Waals surface area contributed by atoms with E-state index in [-0.39, 0.29) is 35.2 Å². The zero-order chi connectivity index (χ0) is 26.6. The first-order chi connectivity index (χ1) is 18.5. The third-order valence-corrected chi connectivity index (χ3v) is 5.34. The highest BCUT2D eigenvalue weighted by molar-refractivity contribution is 6.00. The Morgan fingerprint density at radius 1 is 1.11 bits per heavy atom. The molecule has 0 spiro atoms. The molecular formula is C25H21N7O6. The van der Waals surface area contributed by atoms with Gasteiger partial charge < -0.3 is 24.5 Å². The number of carbonyl (C=O) groups is 2. The molecule has 2 aromatic carbocycles. The van der Waals surface area contributed by atoms with Gasteiger partial charge in [-0.2, -0.15) is 4.98 Å². The summed E-state index contributed by atoms with van der Waals surface area (Å²) in [7, 11) is 1.48. The Hall–Kier alpha value is -5.46. The third-order valence-electron chi connectivity index (χ3n) is 5.34. The predicted molar refractivity (Wildman–Crippen MR) is 135 cm³/mol. The van der Waals surface area contributed by atoms with E-state index in [0.717, 1.165) is 0 Å². The molecule has 2 N–H and O–H groups in total. The molecule has 3 aromatic heterocycles. The molecule has 0 atom stereocenters. The van der Waals surface area contributed by atoms with Gasteiger partial charge in [0, 0.05) is 24.1 Å². The Balaban J connectivity index is 1.57. The molecule has 5 aromatic rings. The Bertz CT molecular complexity index is 1690. The fourth-order valence-electron chi connectivity index (χ4n) is 3.71. The van der Waals surface area contributed by atoms with Crippen LogP contribution in [0.4, 0.5) is 16.4 Å². The van der Waals surface area contributed by atoms with Crippen LogP contribution in [-0.2, 0) is 4.74 Å². The second-order valence-electron chi connectivity index (χ2n) is 7.74. The molecule has 13 heteroatoms. The zero-order valence-corrected chi connectivity index (χ0v) is 20.2. The molecule has 0 aliphatic carbocycles. The monoisotopic (exact) mass is 515 g/mol. The van der Waals surface area contributed by atoms with Crippen LogP contribution in [0.5, 0.6) is 11.5 Å². The number of anilines is 2. The third kappa shape index (κ3) is 4.67.